The van der Waals surface area contributed by atoms with Crippen LogP contribution in [0.5, 0.6) is 0 Å². The molecule has 4 rings (SSSR count). The summed E-state index contributed by atoms with van der Waals surface area (Å²) < 4.78 is 6.11. The second kappa shape index (κ2) is 10.6. The zero-order valence-electron chi connectivity index (χ0n) is 17.8. The molecule has 2 aromatic rings. The molecule has 168 valence electrons. The minimum absolute atomic E-state index is 0.0486. The van der Waals surface area contributed by atoms with Crippen LogP contribution in [0.25, 0.3) is 11.3 Å². The molecule has 1 saturated carbocycles. The molecule has 0 spiro atoms. The molecule has 0 aromatic carbocycles. The van der Waals surface area contributed by atoms with E-state index in [-0.39, 0.29) is 11.9 Å². The number of amides is 1. The maximum Gasteiger partial charge on any atom is 0.217 e. The summed E-state index contributed by atoms with van der Waals surface area (Å²) in [5, 5.41) is 10.9. The Kier molecular flexibility index (Phi) is 7.63. The van der Waals surface area contributed by atoms with Crippen molar-refractivity contribution in [3.8, 4) is 11.3 Å². The van der Waals surface area contributed by atoms with Gasteiger partial charge in [-0.15, -0.1) is 0 Å². The molecular weight excluding hydrogens is 434 g/mol. The predicted molar refractivity (Wildman–Crippen MR) is 126 cm³/mol. The van der Waals surface area contributed by atoms with Gasteiger partial charge in [-0.25, -0.2) is 9.97 Å². The summed E-state index contributed by atoms with van der Waals surface area (Å²) in [6.07, 6.45) is 7.96. The molecule has 3 heterocycles. The van der Waals surface area contributed by atoms with E-state index >= 15 is 0 Å². The summed E-state index contributed by atoms with van der Waals surface area (Å²) in [6.45, 7) is 4.17. The average molecular weight is 464 g/mol. The van der Waals surface area contributed by atoms with Crippen molar-refractivity contribution in [1.29, 1.82) is 0 Å². The van der Waals surface area contributed by atoms with Crippen LogP contribution in [-0.2, 0) is 9.53 Å². The molecule has 31 heavy (non-hydrogen) atoms. The van der Waals surface area contributed by atoms with Gasteiger partial charge < -0.3 is 20.7 Å². The molecule has 2 aliphatic rings. The van der Waals surface area contributed by atoms with E-state index in [2.05, 4.69) is 20.9 Å². The number of ether oxygens (including phenoxy) is 1. The van der Waals surface area contributed by atoms with Gasteiger partial charge in [-0.2, -0.15) is 0 Å². The van der Waals surface area contributed by atoms with E-state index in [0.29, 0.717) is 16.3 Å². The van der Waals surface area contributed by atoms with Crippen LogP contribution in [0, 0.1) is 5.92 Å². The number of hydrogen-bond acceptors (Lipinski definition) is 7. The quantitative estimate of drug-likeness (QED) is 0.558. The summed E-state index contributed by atoms with van der Waals surface area (Å²) in [7, 11) is 0. The van der Waals surface area contributed by atoms with Crippen molar-refractivity contribution in [3.05, 3.63) is 22.7 Å². The molecule has 0 bridgehead atoms. The first-order valence-electron chi connectivity index (χ1n) is 11.0. The van der Waals surface area contributed by atoms with Crippen molar-refractivity contribution in [2.75, 3.05) is 30.4 Å². The highest BCUT2D eigenvalue weighted by Gasteiger charge is 2.22. The van der Waals surface area contributed by atoms with E-state index in [9.17, 15) is 4.79 Å². The van der Waals surface area contributed by atoms with Gasteiger partial charge in [0.15, 0.2) is 5.13 Å². The van der Waals surface area contributed by atoms with E-state index in [4.69, 9.17) is 21.3 Å². The van der Waals surface area contributed by atoms with Crippen LogP contribution in [0.15, 0.2) is 18.3 Å². The summed E-state index contributed by atoms with van der Waals surface area (Å²) in [5.41, 5.74) is 1.76. The highest BCUT2D eigenvalue weighted by atomic mass is 35.5. The molecule has 2 aromatic heterocycles. The molecule has 7 nitrogen and oxygen atoms in total. The minimum Gasteiger partial charge on any atom is -0.381 e. The summed E-state index contributed by atoms with van der Waals surface area (Å²) >= 11 is 8.00. The number of thiazole rings is 1. The summed E-state index contributed by atoms with van der Waals surface area (Å²) in [6, 6.07) is 4.61. The first-order chi connectivity index (χ1) is 15.1. The molecule has 2 fully saturated rings. The lowest BCUT2D eigenvalue weighted by atomic mass is 9.91. The van der Waals surface area contributed by atoms with Crippen LogP contribution in [0.3, 0.4) is 0 Å². The lowest BCUT2D eigenvalue weighted by molar-refractivity contribution is -0.119. The number of aromatic nitrogens is 2. The molecule has 3 N–H and O–H groups in total. The van der Waals surface area contributed by atoms with Crippen molar-refractivity contribution >= 4 is 39.8 Å². The Morgan fingerprint density at radius 1 is 1.19 bits per heavy atom. The van der Waals surface area contributed by atoms with Crippen molar-refractivity contribution in [2.45, 2.75) is 57.5 Å². The number of carbonyl (C=O) groups excluding carboxylic acids is 1. The standard InChI is InChI=1S/C22H30ClN5O2S/c1-14(29)26-17-2-4-18(5-3-17)27-19-12-16(6-9-24-19)20-21(23)31-22(28-20)25-13-15-7-10-30-11-8-15/h6,9,12,15,17-18H,2-5,7-8,10-11,13H2,1H3,(H,24,27)(H,25,28)(H,26,29). The number of nitrogens with one attached hydrogen (secondary N) is 3. The molecule has 0 unspecified atom stereocenters. The summed E-state index contributed by atoms with van der Waals surface area (Å²) in [5.74, 6) is 1.51. The Bertz CT molecular complexity index is 879. The van der Waals surface area contributed by atoms with Gasteiger partial charge in [-0.3, -0.25) is 4.79 Å². The molecule has 0 atom stereocenters. The van der Waals surface area contributed by atoms with Crippen molar-refractivity contribution < 1.29 is 9.53 Å². The van der Waals surface area contributed by atoms with Crippen LogP contribution in [0.2, 0.25) is 4.34 Å². The van der Waals surface area contributed by atoms with Gasteiger partial charge in [0.1, 0.15) is 15.8 Å². The average Bonchev–Trinajstić information content (AvgIpc) is 3.15. The lowest BCUT2D eigenvalue weighted by Crippen LogP contribution is -2.39. The van der Waals surface area contributed by atoms with Gasteiger partial charge >= 0.3 is 0 Å². The van der Waals surface area contributed by atoms with E-state index < -0.39 is 0 Å². The predicted octanol–water partition coefficient (Wildman–Crippen LogP) is 4.56. The molecule has 0 radical (unpaired) electrons. The number of nitrogens with zero attached hydrogens (tertiary/aromatic N) is 2. The van der Waals surface area contributed by atoms with Crippen molar-refractivity contribution in [2.24, 2.45) is 5.92 Å². The minimum atomic E-state index is 0.0486. The van der Waals surface area contributed by atoms with E-state index in [1.165, 1.54) is 11.3 Å². The fourth-order valence-corrected chi connectivity index (χ4v) is 5.37. The molecule has 1 aliphatic heterocycles. The fourth-order valence-electron chi connectivity index (χ4n) is 4.27. The Morgan fingerprint density at radius 3 is 2.68 bits per heavy atom. The second-order valence-electron chi connectivity index (χ2n) is 8.40. The number of anilines is 2. The van der Waals surface area contributed by atoms with Gasteiger partial charge in [0.05, 0.1) is 0 Å². The molecule has 1 saturated heterocycles. The van der Waals surface area contributed by atoms with Gasteiger partial charge in [0.2, 0.25) is 5.91 Å². The third-order valence-corrected chi connectivity index (χ3v) is 7.20. The molecule has 9 heteroatoms. The van der Waals surface area contributed by atoms with Crippen LogP contribution < -0.4 is 16.0 Å². The number of halogens is 1. The second-order valence-corrected chi connectivity index (χ2v) is 10.0. The lowest BCUT2D eigenvalue weighted by Gasteiger charge is -2.29. The normalized spacial score (nSPS) is 22.1. The van der Waals surface area contributed by atoms with E-state index in [1.807, 2.05) is 12.1 Å². The highest BCUT2D eigenvalue weighted by molar-refractivity contribution is 7.20. The molecular formula is C22H30ClN5O2S. The van der Waals surface area contributed by atoms with Crippen LogP contribution in [0.4, 0.5) is 10.9 Å². The van der Waals surface area contributed by atoms with Crippen LogP contribution in [-0.4, -0.2) is 47.7 Å². The Labute approximate surface area is 192 Å². The third-order valence-electron chi connectivity index (χ3n) is 5.99. The number of pyridine rings is 1. The fraction of sp³-hybridized carbons (Fsp3) is 0.591. The van der Waals surface area contributed by atoms with Crippen molar-refractivity contribution in [1.82, 2.24) is 15.3 Å². The first kappa shape index (κ1) is 22.3. The van der Waals surface area contributed by atoms with E-state index in [1.54, 1.807) is 13.1 Å². The number of rotatable bonds is 7. The number of carbonyl (C=O) groups is 1. The van der Waals surface area contributed by atoms with Crippen molar-refractivity contribution in [3.63, 3.8) is 0 Å². The van der Waals surface area contributed by atoms with Crippen LogP contribution in [0.1, 0.15) is 45.4 Å². The zero-order valence-corrected chi connectivity index (χ0v) is 19.4. The topological polar surface area (TPSA) is 88.2 Å². The molecule has 1 aliphatic carbocycles. The van der Waals surface area contributed by atoms with Gasteiger partial charge in [-0.05, 0) is 56.6 Å². The number of hydrogen-bond donors (Lipinski definition) is 3. The Balaban J connectivity index is 1.35. The van der Waals surface area contributed by atoms with Gasteiger partial charge in [0, 0.05) is 50.5 Å². The van der Waals surface area contributed by atoms with E-state index in [0.717, 1.165) is 80.5 Å². The maximum absolute atomic E-state index is 11.2. The third kappa shape index (κ3) is 6.30. The first-order valence-corrected chi connectivity index (χ1v) is 12.2. The van der Waals surface area contributed by atoms with Gasteiger partial charge in [0.25, 0.3) is 0 Å². The SMILES string of the molecule is CC(=O)NC1CCC(Nc2cc(-c3nc(NCC4CCOCC4)sc3Cl)ccn2)CC1. The summed E-state index contributed by atoms with van der Waals surface area (Å²) in [4.78, 5) is 20.5. The monoisotopic (exact) mass is 463 g/mol. The maximum atomic E-state index is 11.2. The highest BCUT2D eigenvalue weighted by Crippen LogP contribution is 2.36. The smallest absolute Gasteiger partial charge is 0.217 e. The zero-order chi connectivity index (χ0) is 21.6. The Morgan fingerprint density at radius 2 is 1.94 bits per heavy atom. The Hall–Kier alpha value is -1.90. The van der Waals surface area contributed by atoms with Gasteiger partial charge in [-0.1, -0.05) is 22.9 Å². The molecule has 1 amide bonds. The van der Waals surface area contributed by atoms with Crippen LogP contribution >= 0.6 is 22.9 Å². The largest absolute Gasteiger partial charge is 0.381 e.